The van der Waals surface area contributed by atoms with Crippen molar-refractivity contribution in [2.24, 2.45) is 0 Å². The van der Waals surface area contributed by atoms with E-state index in [1.165, 1.54) is 6.20 Å². The summed E-state index contributed by atoms with van der Waals surface area (Å²) in [6.07, 6.45) is -0.322. The molecule has 1 fully saturated rings. The Morgan fingerprint density at radius 3 is 2.68 bits per heavy atom. The molecule has 4 heterocycles. The number of benzene rings is 1. The lowest BCUT2D eigenvalue weighted by Crippen LogP contribution is -2.46. The van der Waals surface area contributed by atoms with Gasteiger partial charge in [0.25, 0.3) is 5.91 Å². The summed E-state index contributed by atoms with van der Waals surface area (Å²) in [5, 5.41) is 7.15. The maximum absolute atomic E-state index is 13.9. The van der Waals surface area contributed by atoms with Crippen LogP contribution in [0.5, 0.6) is 0 Å². The van der Waals surface area contributed by atoms with E-state index in [2.05, 4.69) is 37.3 Å². The minimum atomic E-state index is -4.48. The number of aromatic nitrogens is 2. The molecule has 3 aliphatic heterocycles. The van der Waals surface area contributed by atoms with Crippen LogP contribution in [-0.4, -0.2) is 57.8 Å². The fraction of sp³-hybridized carbons (Fsp3) is 0.429. The van der Waals surface area contributed by atoms with E-state index in [4.69, 9.17) is 0 Å². The van der Waals surface area contributed by atoms with E-state index in [1.807, 2.05) is 0 Å². The van der Waals surface area contributed by atoms with Crippen LogP contribution in [0.2, 0.25) is 0 Å². The first kappa shape index (κ1) is 20.4. The first-order valence-corrected chi connectivity index (χ1v) is 11.0. The predicted molar refractivity (Wildman–Crippen MR) is 113 cm³/mol. The summed E-state index contributed by atoms with van der Waals surface area (Å²) in [5.74, 6) is -0.159. The number of anilines is 1. The van der Waals surface area contributed by atoms with Gasteiger partial charge in [-0.15, -0.1) is 0 Å². The Hall–Kier alpha value is -2.49. The number of alkyl halides is 3. The highest BCUT2D eigenvalue weighted by Crippen LogP contribution is 2.44. The summed E-state index contributed by atoms with van der Waals surface area (Å²) in [5.41, 5.74) is 2.02. The second kappa shape index (κ2) is 7.58. The van der Waals surface area contributed by atoms with E-state index >= 15 is 0 Å². The van der Waals surface area contributed by atoms with Crippen molar-refractivity contribution in [3.8, 4) is 0 Å². The molecule has 0 spiro atoms. The van der Waals surface area contributed by atoms with Gasteiger partial charge in [0.1, 0.15) is 11.4 Å². The standard InChI is InChI=1S/C21H21BrF3N5O/c22-14-5-3-13(4-6-14)17-10-18(21(23,24)25)30-19(27-17)16(11-26-30)20(31)29-9-8-28-7-1-2-15(28)12-29/h2-6,11,17-18,27H,1,7-10,12H2. The van der Waals surface area contributed by atoms with Gasteiger partial charge < -0.3 is 15.1 Å². The van der Waals surface area contributed by atoms with Crippen molar-refractivity contribution >= 4 is 27.7 Å². The molecule has 1 aromatic heterocycles. The van der Waals surface area contributed by atoms with Gasteiger partial charge in [0.15, 0.2) is 6.04 Å². The first-order chi connectivity index (χ1) is 14.8. The van der Waals surface area contributed by atoms with E-state index in [-0.39, 0.29) is 23.7 Å². The van der Waals surface area contributed by atoms with Crippen LogP contribution >= 0.6 is 15.9 Å². The highest BCUT2D eigenvalue weighted by atomic mass is 79.9. The largest absolute Gasteiger partial charge is 0.410 e. The van der Waals surface area contributed by atoms with Crippen LogP contribution in [0.1, 0.15) is 40.8 Å². The number of nitrogens with zero attached hydrogens (tertiary/aromatic N) is 4. The number of piperazine rings is 1. The Labute approximate surface area is 185 Å². The summed E-state index contributed by atoms with van der Waals surface area (Å²) in [4.78, 5) is 17.2. The van der Waals surface area contributed by atoms with Crippen molar-refractivity contribution in [2.45, 2.75) is 31.1 Å². The molecule has 10 heteroatoms. The van der Waals surface area contributed by atoms with Crippen LogP contribution in [-0.2, 0) is 0 Å². The highest BCUT2D eigenvalue weighted by Gasteiger charge is 2.47. The Bertz CT molecular complexity index is 1030. The van der Waals surface area contributed by atoms with Crippen LogP contribution in [0.3, 0.4) is 0 Å². The molecule has 3 aliphatic rings. The molecular formula is C21H21BrF3N5O. The maximum atomic E-state index is 13.9. The molecule has 5 rings (SSSR count). The van der Waals surface area contributed by atoms with Crippen molar-refractivity contribution < 1.29 is 18.0 Å². The third-order valence-electron chi connectivity index (χ3n) is 6.21. The number of hydrogen-bond donors (Lipinski definition) is 1. The van der Waals surface area contributed by atoms with Crippen LogP contribution in [0.15, 0.2) is 46.7 Å². The van der Waals surface area contributed by atoms with Crippen molar-refractivity contribution in [3.63, 3.8) is 0 Å². The third kappa shape index (κ3) is 3.71. The van der Waals surface area contributed by atoms with Crippen LogP contribution < -0.4 is 5.32 Å². The lowest BCUT2D eigenvalue weighted by atomic mass is 9.96. The summed E-state index contributed by atoms with van der Waals surface area (Å²) in [6, 6.07) is 4.79. The van der Waals surface area contributed by atoms with E-state index in [1.54, 1.807) is 29.2 Å². The predicted octanol–water partition coefficient (Wildman–Crippen LogP) is 4.35. The van der Waals surface area contributed by atoms with E-state index in [0.717, 1.165) is 39.9 Å². The van der Waals surface area contributed by atoms with Crippen molar-refractivity contribution in [1.82, 2.24) is 19.6 Å². The van der Waals surface area contributed by atoms with Gasteiger partial charge in [0, 0.05) is 36.2 Å². The van der Waals surface area contributed by atoms with Crippen LogP contribution in [0, 0.1) is 0 Å². The Balaban J connectivity index is 1.47. The van der Waals surface area contributed by atoms with Gasteiger partial charge in [-0.2, -0.15) is 18.3 Å². The van der Waals surface area contributed by atoms with E-state index < -0.39 is 18.3 Å². The molecule has 0 aliphatic carbocycles. The molecule has 0 bridgehead atoms. The molecule has 2 unspecified atom stereocenters. The zero-order chi connectivity index (χ0) is 21.8. The fourth-order valence-electron chi connectivity index (χ4n) is 4.57. The molecule has 2 atom stereocenters. The number of halogens is 4. The van der Waals surface area contributed by atoms with E-state index in [0.29, 0.717) is 13.1 Å². The summed E-state index contributed by atoms with van der Waals surface area (Å²) in [6.45, 7) is 2.72. The number of hydrogen-bond acceptors (Lipinski definition) is 4. The van der Waals surface area contributed by atoms with Crippen molar-refractivity contribution in [3.05, 3.63) is 57.8 Å². The monoisotopic (exact) mass is 495 g/mol. The quantitative estimate of drug-likeness (QED) is 0.672. The molecular weight excluding hydrogens is 475 g/mol. The molecule has 2 aromatic rings. The van der Waals surface area contributed by atoms with Crippen molar-refractivity contribution in [2.75, 3.05) is 31.5 Å². The highest BCUT2D eigenvalue weighted by molar-refractivity contribution is 9.10. The molecule has 1 aromatic carbocycles. The minimum Gasteiger partial charge on any atom is -0.372 e. The van der Waals surface area contributed by atoms with E-state index in [9.17, 15) is 18.0 Å². The third-order valence-corrected chi connectivity index (χ3v) is 6.73. The van der Waals surface area contributed by atoms with Crippen LogP contribution in [0.4, 0.5) is 19.0 Å². The second-order valence-corrected chi connectivity index (χ2v) is 9.01. The summed E-state index contributed by atoms with van der Waals surface area (Å²) >= 11 is 3.35. The average Bonchev–Trinajstić information content (AvgIpc) is 3.38. The maximum Gasteiger partial charge on any atom is 0.410 e. The molecule has 0 saturated carbocycles. The van der Waals surface area contributed by atoms with Crippen molar-refractivity contribution in [1.29, 1.82) is 0 Å². The zero-order valence-corrected chi connectivity index (χ0v) is 18.2. The number of carbonyl (C=O) groups is 1. The molecule has 6 nitrogen and oxygen atoms in total. The van der Waals surface area contributed by atoms with Gasteiger partial charge in [-0.1, -0.05) is 34.1 Å². The number of amides is 1. The Kier molecular flexibility index (Phi) is 4.99. The normalized spacial score (nSPS) is 23.2. The number of fused-ring (bicyclic) bond motifs is 2. The lowest BCUT2D eigenvalue weighted by molar-refractivity contribution is -0.173. The minimum absolute atomic E-state index is 0.134. The number of rotatable bonds is 2. The second-order valence-electron chi connectivity index (χ2n) is 8.09. The zero-order valence-electron chi connectivity index (χ0n) is 16.6. The Morgan fingerprint density at radius 1 is 1.16 bits per heavy atom. The number of nitrogens with one attached hydrogen (secondary N) is 1. The summed E-state index contributed by atoms with van der Waals surface area (Å²) in [7, 11) is 0. The molecule has 1 saturated heterocycles. The number of carbonyl (C=O) groups excluding carboxylic acids is 1. The molecule has 31 heavy (non-hydrogen) atoms. The topological polar surface area (TPSA) is 53.4 Å². The Morgan fingerprint density at radius 2 is 1.94 bits per heavy atom. The van der Waals surface area contributed by atoms with Gasteiger partial charge in [0.2, 0.25) is 0 Å². The molecule has 1 N–H and O–H groups in total. The fourth-order valence-corrected chi connectivity index (χ4v) is 4.84. The van der Waals surface area contributed by atoms with Gasteiger partial charge in [-0.25, -0.2) is 4.68 Å². The molecule has 164 valence electrons. The average molecular weight is 496 g/mol. The van der Waals surface area contributed by atoms with Crippen LogP contribution in [0.25, 0.3) is 0 Å². The molecule has 0 radical (unpaired) electrons. The van der Waals surface area contributed by atoms with Gasteiger partial charge >= 0.3 is 6.18 Å². The lowest BCUT2D eigenvalue weighted by Gasteiger charge is -2.36. The SMILES string of the molecule is O=C(c1cnn2c1NC(c1ccc(Br)cc1)CC2C(F)(F)F)N1CCN2CCC=C2C1. The van der Waals surface area contributed by atoms with Gasteiger partial charge in [0.05, 0.1) is 18.8 Å². The first-order valence-electron chi connectivity index (χ1n) is 10.2. The van der Waals surface area contributed by atoms with Gasteiger partial charge in [-0.05, 0) is 24.1 Å². The van der Waals surface area contributed by atoms with Gasteiger partial charge in [-0.3, -0.25) is 4.79 Å². The smallest absolute Gasteiger partial charge is 0.372 e. The molecule has 1 amide bonds. The summed E-state index contributed by atoms with van der Waals surface area (Å²) < 4.78 is 43.4.